The fraction of sp³-hybridized carbons (Fsp3) is 0.500. The Morgan fingerprint density at radius 1 is 1.18 bits per heavy atom. The number of nitrogens with one attached hydrogen (secondary N) is 2. The van der Waals surface area contributed by atoms with Gasteiger partial charge in [-0.3, -0.25) is 15.1 Å². The molecule has 33 heavy (non-hydrogen) atoms. The van der Waals surface area contributed by atoms with Crippen LogP contribution >= 0.6 is 0 Å². The second-order valence-electron chi connectivity index (χ2n) is 9.89. The van der Waals surface area contributed by atoms with Crippen LogP contribution in [0.3, 0.4) is 0 Å². The Balaban J connectivity index is 1.73. The highest BCUT2D eigenvalue weighted by Crippen LogP contribution is 2.42. The molecule has 176 valence electrons. The standard InChI is InChI=1S/C28H38N4O/c1-4-5-15-26(32-18(2)9-6-10-19(32)3)22-13-8-14-25-24(22)17-23(28(33)31-25)20-11-7-12-21(16-20)27(29)30/h7-8,11-14,16,18-19,23,26H,4-6,9-10,15,17H2,1-3H3,(H3,29,30)(H,31,33). The van der Waals surface area contributed by atoms with Gasteiger partial charge in [-0.1, -0.05) is 56.5 Å². The smallest absolute Gasteiger partial charge is 0.232 e. The molecule has 2 aromatic carbocycles. The Morgan fingerprint density at radius 3 is 2.61 bits per heavy atom. The van der Waals surface area contributed by atoms with E-state index in [1.807, 2.05) is 30.3 Å². The molecule has 0 radical (unpaired) electrons. The summed E-state index contributed by atoms with van der Waals surface area (Å²) in [5.74, 6) is -0.229. The van der Waals surface area contributed by atoms with E-state index < -0.39 is 0 Å². The Morgan fingerprint density at radius 2 is 1.91 bits per heavy atom. The molecule has 4 rings (SSSR count). The average Bonchev–Trinajstić information content (AvgIpc) is 2.80. The normalized spacial score (nSPS) is 24.1. The van der Waals surface area contributed by atoms with Crippen molar-refractivity contribution in [2.45, 2.75) is 89.8 Å². The summed E-state index contributed by atoms with van der Waals surface area (Å²) in [5.41, 5.74) is 10.9. The maximum atomic E-state index is 13.1. The van der Waals surface area contributed by atoms with Crippen molar-refractivity contribution in [3.05, 3.63) is 64.7 Å². The van der Waals surface area contributed by atoms with Crippen LogP contribution in [0.5, 0.6) is 0 Å². The van der Waals surface area contributed by atoms with Gasteiger partial charge in [0.1, 0.15) is 5.84 Å². The molecule has 2 aliphatic heterocycles. The van der Waals surface area contributed by atoms with E-state index in [0.29, 0.717) is 30.1 Å². The highest BCUT2D eigenvalue weighted by Gasteiger charge is 2.36. The number of nitrogens with zero attached hydrogens (tertiary/aromatic N) is 1. The number of benzene rings is 2. The number of carbonyl (C=O) groups excluding carboxylic acids is 1. The second kappa shape index (κ2) is 10.1. The summed E-state index contributed by atoms with van der Waals surface area (Å²) in [6, 6.07) is 15.5. The number of likely N-dealkylation sites (tertiary alicyclic amines) is 1. The third-order valence-corrected chi connectivity index (χ3v) is 7.61. The third kappa shape index (κ3) is 4.84. The number of nitrogens with two attached hydrogens (primary N) is 1. The molecule has 5 heteroatoms. The first-order chi connectivity index (χ1) is 15.9. The number of hydrogen-bond donors (Lipinski definition) is 3. The van der Waals surface area contributed by atoms with E-state index in [-0.39, 0.29) is 17.7 Å². The van der Waals surface area contributed by atoms with Crippen molar-refractivity contribution < 1.29 is 4.79 Å². The van der Waals surface area contributed by atoms with Gasteiger partial charge in [-0.25, -0.2) is 0 Å². The third-order valence-electron chi connectivity index (χ3n) is 7.61. The average molecular weight is 447 g/mol. The zero-order valence-electron chi connectivity index (χ0n) is 20.2. The number of amides is 1. The lowest BCUT2D eigenvalue weighted by molar-refractivity contribution is -0.117. The van der Waals surface area contributed by atoms with Gasteiger partial charge in [-0.05, 0) is 68.4 Å². The summed E-state index contributed by atoms with van der Waals surface area (Å²) in [5, 5.41) is 11.0. The second-order valence-corrected chi connectivity index (χ2v) is 9.89. The van der Waals surface area contributed by atoms with Crippen LogP contribution in [0, 0.1) is 5.41 Å². The first-order valence-electron chi connectivity index (χ1n) is 12.5. The highest BCUT2D eigenvalue weighted by molar-refractivity contribution is 6.00. The van der Waals surface area contributed by atoms with Crippen LogP contribution in [0.15, 0.2) is 42.5 Å². The number of unbranched alkanes of at least 4 members (excludes halogenated alkanes) is 1. The lowest BCUT2D eigenvalue weighted by Gasteiger charge is -2.45. The van der Waals surface area contributed by atoms with Crippen molar-refractivity contribution in [1.82, 2.24) is 4.90 Å². The van der Waals surface area contributed by atoms with Gasteiger partial charge in [0.15, 0.2) is 0 Å². The molecule has 0 saturated carbocycles. The summed E-state index contributed by atoms with van der Waals surface area (Å²) in [4.78, 5) is 15.8. The van der Waals surface area contributed by atoms with Gasteiger partial charge < -0.3 is 11.1 Å². The SMILES string of the molecule is CCCCC(c1cccc2c1CC(c1cccc(C(=N)N)c1)C(=O)N2)N1C(C)CCCC1C. The predicted molar refractivity (Wildman–Crippen MR) is 136 cm³/mol. The number of piperidine rings is 1. The molecular formula is C28H38N4O. The molecule has 2 aromatic rings. The largest absolute Gasteiger partial charge is 0.384 e. The van der Waals surface area contributed by atoms with Crippen molar-refractivity contribution in [2.75, 3.05) is 5.32 Å². The molecule has 4 N–H and O–H groups in total. The van der Waals surface area contributed by atoms with Gasteiger partial charge >= 0.3 is 0 Å². The van der Waals surface area contributed by atoms with Gasteiger partial charge in [0.25, 0.3) is 0 Å². The molecule has 2 heterocycles. The molecule has 4 atom stereocenters. The fourth-order valence-electron chi connectivity index (χ4n) is 5.89. The summed E-state index contributed by atoms with van der Waals surface area (Å²) in [6.07, 6.45) is 7.99. The van der Waals surface area contributed by atoms with Crippen LogP contribution in [-0.2, 0) is 11.2 Å². The number of carbonyl (C=O) groups is 1. The van der Waals surface area contributed by atoms with Gasteiger partial charge in [-0.15, -0.1) is 0 Å². The van der Waals surface area contributed by atoms with Crippen molar-refractivity contribution in [2.24, 2.45) is 5.73 Å². The minimum absolute atomic E-state index is 0.0187. The topological polar surface area (TPSA) is 82.2 Å². The predicted octanol–water partition coefficient (Wildman–Crippen LogP) is 5.74. The maximum Gasteiger partial charge on any atom is 0.232 e. The Hall–Kier alpha value is -2.66. The molecule has 0 aromatic heterocycles. The molecule has 0 bridgehead atoms. The molecule has 2 aliphatic rings. The van der Waals surface area contributed by atoms with Gasteiger partial charge in [0.05, 0.1) is 5.92 Å². The van der Waals surface area contributed by atoms with E-state index in [4.69, 9.17) is 11.1 Å². The number of nitrogen functional groups attached to an aromatic ring is 1. The van der Waals surface area contributed by atoms with Crippen LogP contribution in [-0.4, -0.2) is 28.7 Å². The first-order valence-corrected chi connectivity index (χ1v) is 12.5. The van der Waals surface area contributed by atoms with E-state index in [9.17, 15) is 4.79 Å². The summed E-state index contributed by atoms with van der Waals surface area (Å²) < 4.78 is 0. The zero-order chi connectivity index (χ0) is 23.5. The molecule has 0 aliphatic carbocycles. The highest BCUT2D eigenvalue weighted by atomic mass is 16.1. The van der Waals surface area contributed by atoms with Crippen LogP contribution in [0.1, 0.15) is 93.5 Å². The van der Waals surface area contributed by atoms with Crippen LogP contribution in [0.4, 0.5) is 5.69 Å². The minimum Gasteiger partial charge on any atom is -0.384 e. The lowest BCUT2D eigenvalue weighted by atomic mass is 9.81. The van der Waals surface area contributed by atoms with Crippen LogP contribution < -0.4 is 11.1 Å². The quantitative estimate of drug-likeness (QED) is 0.374. The van der Waals surface area contributed by atoms with Gasteiger partial charge in [-0.2, -0.15) is 0 Å². The zero-order valence-corrected chi connectivity index (χ0v) is 20.2. The Labute approximate surface area is 198 Å². The van der Waals surface area contributed by atoms with Gasteiger partial charge in [0.2, 0.25) is 5.91 Å². The summed E-state index contributed by atoms with van der Waals surface area (Å²) in [7, 11) is 0. The molecule has 1 amide bonds. The Bertz CT molecular complexity index is 1010. The number of fused-ring (bicyclic) bond motifs is 1. The number of anilines is 1. The van der Waals surface area contributed by atoms with E-state index in [1.54, 1.807) is 0 Å². The number of hydrogen-bond acceptors (Lipinski definition) is 3. The molecule has 0 spiro atoms. The van der Waals surface area contributed by atoms with E-state index in [0.717, 1.165) is 17.7 Å². The molecule has 4 unspecified atom stereocenters. The molecule has 1 saturated heterocycles. The van der Waals surface area contributed by atoms with Crippen molar-refractivity contribution in [3.63, 3.8) is 0 Å². The van der Waals surface area contributed by atoms with Crippen LogP contribution in [0.2, 0.25) is 0 Å². The monoisotopic (exact) mass is 446 g/mol. The molecule has 1 fully saturated rings. The summed E-state index contributed by atoms with van der Waals surface area (Å²) in [6.45, 7) is 7.02. The van der Waals surface area contributed by atoms with Crippen molar-refractivity contribution >= 4 is 17.4 Å². The van der Waals surface area contributed by atoms with E-state index >= 15 is 0 Å². The molecule has 5 nitrogen and oxygen atoms in total. The fourth-order valence-corrected chi connectivity index (χ4v) is 5.89. The minimum atomic E-state index is -0.277. The Kier molecular flexibility index (Phi) is 7.18. The van der Waals surface area contributed by atoms with Gasteiger partial charge in [0, 0.05) is 29.4 Å². The van der Waals surface area contributed by atoms with Crippen LogP contribution in [0.25, 0.3) is 0 Å². The lowest BCUT2D eigenvalue weighted by Crippen LogP contribution is -2.46. The summed E-state index contributed by atoms with van der Waals surface area (Å²) >= 11 is 0. The number of amidine groups is 1. The van der Waals surface area contributed by atoms with Crippen molar-refractivity contribution in [1.29, 1.82) is 5.41 Å². The number of rotatable bonds is 7. The van der Waals surface area contributed by atoms with Crippen molar-refractivity contribution in [3.8, 4) is 0 Å². The molecular weight excluding hydrogens is 408 g/mol. The first kappa shape index (κ1) is 23.5. The van der Waals surface area contributed by atoms with E-state index in [1.165, 1.54) is 43.2 Å². The van der Waals surface area contributed by atoms with E-state index in [2.05, 4.69) is 43.1 Å². The maximum absolute atomic E-state index is 13.1.